The molecule has 3 aromatic rings. The first kappa shape index (κ1) is 21.1. The molecule has 1 aliphatic heterocycles. The predicted molar refractivity (Wildman–Crippen MR) is 122 cm³/mol. The number of nitrogens with one attached hydrogen (secondary N) is 1. The molecule has 10 heteroatoms. The molecule has 156 valence electrons. The van der Waals surface area contributed by atoms with Crippen LogP contribution < -0.4 is 9.62 Å². The molecule has 4 rings (SSSR count). The maximum atomic E-state index is 12.5. The van der Waals surface area contributed by atoms with Gasteiger partial charge in [-0.1, -0.05) is 41.4 Å². The number of benzene rings is 2. The first-order chi connectivity index (χ1) is 14.3. The largest absolute Gasteiger partial charge is 0.324 e. The summed E-state index contributed by atoms with van der Waals surface area (Å²) < 4.78 is 25.7. The third-order valence-corrected chi connectivity index (χ3v) is 8.06. The van der Waals surface area contributed by atoms with Gasteiger partial charge in [0.25, 0.3) is 0 Å². The number of sulfonamides is 1. The number of carbonyl (C=O) groups is 1. The molecular formula is C20H17Cl2N3O3S2. The lowest BCUT2D eigenvalue weighted by atomic mass is 10.2. The van der Waals surface area contributed by atoms with E-state index in [0.29, 0.717) is 40.1 Å². The standard InChI is InChI=1S/C20H17Cl2N3O3S2/c21-16-5-2-1-4-15(16)20-23-13(12-29-20)10-19(26)24-18-11-14(6-7-17(18)22)25-8-3-9-30(25,27)28/h1-2,4-7,11-12H,3,8-10H2,(H,24,26). The summed E-state index contributed by atoms with van der Waals surface area (Å²) in [5.41, 5.74) is 2.28. The number of carbonyl (C=O) groups excluding carboxylic acids is 1. The number of rotatable bonds is 5. The average molecular weight is 482 g/mol. The second-order valence-electron chi connectivity index (χ2n) is 6.75. The highest BCUT2D eigenvalue weighted by Crippen LogP contribution is 2.32. The number of aromatic nitrogens is 1. The Labute approximate surface area is 188 Å². The smallest absolute Gasteiger partial charge is 0.235 e. The Hall–Kier alpha value is -2.13. The van der Waals surface area contributed by atoms with Gasteiger partial charge < -0.3 is 5.32 Å². The van der Waals surface area contributed by atoms with Crippen molar-refractivity contribution in [1.82, 2.24) is 4.98 Å². The SMILES string of the molecule is O=C(Cc1csc(-c2ccccc2Cl)n1)Nc1cc(N2CCCS2(=O)=O)ccc1Cl. The Bertz CT molecular complexity index is 1210. The molecule has 0 unspecified atom stereocenters. The van der Waals surface area contributed by atoms with Gasteiger partial charge >= 0.3 is 0 Å². The van der Waals surface area contributed by atoms with Crippen molar-refractivity contribution in [3.05, 3.63) is 63.6 Å². The summed E-state index contributed by atoms with van der Waals surface area (Å²) in [7, 11) is -3.32. The number of thiazole rings is 1. The van der Waals surface area contributed by atoms with Crippen LogP contribution in [-0.4, -0.2) is 31.6 Å². The van der Waals surface area contributed by atoms with E-state index >= 15 is 0 Å². The van der Waals surface area contributed by atoms with Crippen LogP contribution in [0.3, 0.4) is 0 Å². The highest BCUT2D eigenvalue weighted by Gasteiger charge is 2.28. The fourth-order valence-corrected chi connectivity index (χ4v) is 6.06. The molecule has 1 saturated heterocycles. The molecule has 0 saturated carbocycles. The van der Waals surface area contributed by atoms with E-state index in [4.69, 9.17) is 23.2 Å². The van der Waals surface area contributed by atoms with Gasteiger partial charge in [-0.3, -0.25) is 9.10 Å². The molecule has 2 heterocycles. The molecule has 0 atom stereocenters. The Morgan fingerprint density at radius 3 is 2.70 bits per heavy atom. The summed E-state index contributed by atoms with van der Waals surface area (Å²) in [5, 5.41) is 6.24. The fourth-order valence-electron chi connectivity index (χ4n) is 3.20. The van der Waals surface area contributed by atoms with Gasteiger partial charge in [0.05, 0.1) is 39.3 Å². The number of halogens is 2. The summed E-state index contributed by atoms with van der Waals surface area (Å²) in [5.74, 6) is -0.177. The molecule has 0 spiro atoms. The Kier molecular flexibility index (Phi) is 6.02. The maximum absolute atomic E-state index is 12.5. The lowest BCUT2D eigenvalue weighted by Gasteiger charge is -2.18. The first-order valence-corrected chi connectivity index (χ1v) is 12.4. The van der Waals surface area contributed by atoms with Gasteiger partial charge in [-0.05, 0) is 30.7 Å². The first-order valence-electron chi connectivity index (χ1n) is 9.12. The van der Waals surface area contributed by atoms with Crippen LogP contribution >= 0.6 is 34.5 Å². The van der Waals surface area contributed by atoms with Crippen molar-refractivity contribution in [2.45, 2.75) is 12.8 Å². The van der Waals surface area contributed by atoms with E-state index in [1.165, 1.54) is 15.6 Å². The van der Waals surface area contributed by atoms with E-state index in [-0.39, 0.29) is 18.1 Å². The minimum Gasteiger partial charge on any atom is -0.324 e. The molecule has 2 aromatic carbocycles. The number of nitrogens with zero attached hydrogens (tertiary/aromatic N) is 2. The van der Waals surface area contributed by atoms with Crippen molar-refractivity contribution >= 4 is 61.8 Å². The Balaban J connectivity index is 1.48. The summed E-state index contributed by atoms with van der Waals surface area (Å²) in [6.45, 7) is 0.418. The topological polar surface area (TPSA) is 79.4 Å². The summed E-state index contributed by atoms with van der Waals surface area (Å²) in [4.78, 5) is 17.0. The molecule has 1 fully saturated rings. The van der Waals surface area contributed by atoms with E-state index in [1.807, 2.05) is 23.6 Å². The normalized spacial score (nSPS) is 15.3. The molecule has 0 radical (unpaired) electrons. The van der Waals surface area contributed by atoms with E-state index in [0.717, 1.165) is 10.6 Å². The highest BCUT2D eigenvalue weighted by atomic mass is 35.5. The van der Waals surface area contributed by atoms with Crippen molar-refractivity contribution in [2.75, 3.05) is 21.9 Å². The third-order valence-electron chi connectivity index (χ3n) is 4.61. The van der Waals surface area contributed by atoms with Crippen LogP contribution in [0.15, 0.2) is 47.8 Å². The molecule has 1 amide bonds. The van der Waals surface area contributed by atoms with Crippen molar-refractivity contribution in [2.24, 2.45) is 0 Å². The van der Waals surface area contributed by atoms with Crippen LogP contribution in [0.25, 0.3) is 10.6 Å². The zero-order valence-electron chi connectivity index (χ0n) is 15.6. The molecule has 0 aliphatic carbocycles. The van der Waals surface area contributed by atoms with Gasteiger partial charge in [0.1, 0.15) is 5.01 Å². The van der Waals surface area contributed by atoms with Crippen LogP contribution in [0.5, 0.6) is 0 Å². The van der Waals surface area contributed by atoms with E-state index in [2.05, 4.69) is 10.3 Å². The monoisotopic (exact) mass is 481 g/mol. The lowest BCUT2D eigenvalue weighted by Crippen LogP contribution is -2.25. The minimum atomic E-state index is -3.32. The van der Waals surface area contributed by atoms with E-state index in [1.54, 1.807) is 24.3 Å². The molecule has 1 N–H and O–H groups in total. The quantitative estimate of drug-likeness (QED) is 0.565. The van der Waals surface area contributed by atoms with E-state index < -0.39 is 10.0 Å². The van der Waals surface area contributed by atoms with Crippen molar-refractivity contribution in [1.29, 1.82) is 0 Å². The van der Waals surface area contributed by atoms with Crippen LogP contribution in [0.4, 0.5) is 11.4 Å². The van der Waals surface area contributed by atoms with Gasteiger partial charge in [0.2, 0.25) is 15.9 Å². The number of anilines is 2. The number of hydrogen-bond donors (Lipinski definition) is 1. The van der Waals surface area contributed by atoms with Crippen molar-refractivity contribution in [3.8, 4) is 10.6 Å². The molecular weight excluding hydrogens is 465 g/mol. The van der Waals surface area contributed by atoms with Crippen molar-refractivity contribution < 1.29 is 13.2 Å². The molecule has 1 aromatic heterocycles. The van der Waals surface area contributed by atoms with Crippen LogP contribution in [-0.2, 0) is 21.2 Å². The minimum absolute atomic E-state index is 0.0590. The van der Waals surface area contributed by atoms with Gasteiger partial charge in [0.15, 0.2) is 0 Å². The molecule has 30 heavy (non-hydrogen) atoms. The van der Waals surface area contributed by atoms with Gasteiger partial charge in [-0.25, -0.2) is 13.4 Å². The van der Waals surface area contributed by atoms with Crippen LogP contribution in [0, 0.1) is 0 Å². The predicted octanol–water partition coefficient (Wildman–Crippen LogP) is 4.84. The number of hydrogen-bond acceptors (Lipinski definition) is 5. The van der Waals surface area contributed by atoms with Gasteiger partial charge in [0, 0.05) is 17.5 Å². The zero-order valence-corrected chi connectivity index (χ0v) is 18.8. The van der Waals surface area contributed by atoms with Gasteiger partial charge in [-0.2, -0.15) is 0 Å². The Morgan fingerprint density at radius 2 is 1.97 bits per heavy atom. The Morgan fingerprint density at radius 1 is 1.17 bits per heavy atom. The summed E-state index contributed by atoms with van der Waals surface area (Å²) in [6, 6.07) is 12.2. The summed E-state index contributed by atoms with van der Waals surface area (Å²) >= 11 is 13.8. The lowest BCUT2D eigenvalue weighted by molar-refractivity contribution is -0.115. The zero-order chi connectivity index (χ0) is 21.3. The molecule has 6 nitrogen and oxygen atoms in total. The molecule has 0 bridgehead atoms. The third kappa shape index (κ3) is 4.46. The maximum Gasteiger partial charge on any atom is 0.235 e. The fraction of sp³-hybridized carbons (Fsp3) is 0.200. The van der Waals surface area contributed by atoms with E-state index in [9.17, 15) is 13.2 Å². The molecule has 1 aliphatic rings. The van der Waals surface area contributed by atoms with Crippen LogP contribution in [0.1, 0.15) is 12.1 Å². The second-order valence-corrected chi connectivity index (χ2v) is 10.4. The number of amides is 1. The van der Waals surface area contributed by atoms with Gasteiger partial charge in [-0.15, -0.1) is 11.3 Å². The highest BCUT2D eigenvalue weighted by molar-refractivity contribution is 7.93. The second kappa shape index (κ2) is 8.55. The van der Waals surface area contributed by atoms with Crippen molar-refractivity contribution in [3.63, 3.8) is 0 Å². The average Bonchev–Trinajstić information content (AvgIpc) is 3.29. The summed E-state index contributed by atoms with van der Waals surface area (Å²) in [6.07, 6.45) is 0.633. The van der Waals surface area contributed by atoms with Crippen LogP contribution in [0.2, 0.25) is 10.0 Å².